The van der Waals surface area contributed by atoms with Gasteiger partial charge in [-0.3, -0.25) is 4.79 Å². The lowest BCUT2D eigenvalue weighted by molar-refractivity contribution is 0.0935. The third-order valence-corrected chi connectivity index (χ3v) is 5.69. The summed E-state index contributed by atoms with van der Waals surface area (Å²) in [6, 6.07) is 10.0. The molecule has 4 rings (SSSR count). The molecule has 0 unspecified atom stereocenters. The Kier molecular flexibility index (Phi) is 6.17. The molecule has 1 saturated carbocycles. The maximum absolute atomic E-state index is 13.2. The Balaban J connectivity index is 1.67. The first-order valence-corrected chi connectivity index (χ1v) is 11.0. The fraction of sp³-hybridized carbons (Fsp3) is 0.400. The SMILES string of the molecule is Cc1cccc([C@H](Cc2cc(N(C)C)nc(C3CC3)n2)NC(=O)c2cnc(C)nc2C)c1. The van der Waals surface area contributed by atoms with Crippen molar-refractivity contribution in [2.45, 2.75) is 52.0 Å². The van der Waals surface area contributed by atoms with Crippen molar-refractivity contribution in [3.05, 3.63) is 76.3 Å². The number of carbonyl (C=O) groups excluding carboxylic acids is 1. The Morgan fingerprint density at radius 2 is 1.91 bits per heavy atom. The Bertz CT molecular complexity index is 1120. The van der Waals surface area contributed by atoms with Gasteiger partial charge in [0.1, 0.15) is 17.5 Å². The number of nitrogens with zero attached hydrogens (tertiary/aromatic N) is 5. The van der Waals surface area contributed by atoms with Gasteiger partial charge in [0.05, 0.1) is 17.3 Å². The lowest BCUT2D eigenvalue weighted by Crippen LogP contribution is -2.31. The molecule has 0 saturated heterocycles. The number of aromatic nitrogens is 4. The summed E-state index contributed by atoms with van der Waals surface area (Å²) in [6.45, 7) is 5.71. The number of carbonyl (C=O) groups is 1. The van der Waals surface area contributed by atoms with E-state index in [1.807, 2.05) is 51.0 Å². The number of hydrogen-bond acceptors (Lipinski definition) is 6. The monoisotopic (exact) mass is 430 g/mol. The van der Waals surface area contributed by atoms with Crippen molar-refractivity contribution < 1.29 is 4.79 Å². The van der Waals surface area contributed by atoms with E-state index in [0.29, 0.717) is 29.4 Å². The van der Waals surface area contributed by atoms with Crippen molar-refractivity contribution in [3.8, 4) is 0 Å². The summed E-state index contributed by atoms with van der Waals surface area (Å²) in [5, 5.41) is 3.21. The van der Waals surface area contributed by atoms with Gasteiger partial charge in [0, 0.05) is 44.4 Å². The summed E-state index contributed by atoms with van der Waals surface area (Å²) in [5.41, 5.74) is 4.28. The molecule has 1 fully saturated rings. The first-order chi connectivity index (χ1) is 15.3. The van der Waals surface area contributed by atoms with Crippen LogP contribution in [0.25, 0.3) is 0 Å². The average Bonchev–Trinajstić information content (AvgIpc) is 3.58. The second-order valence-electron chi connectivity index (χ2n) is 8.80. The molecule has 0 bridgehead atoms. The number of benzene rings is 1. The predicted molar refractivity (Wildman–Crippen MR) is 125 cm³/mol. The Labute approximate surface area is 189 Å². The van der Waals surface area contributed by atoms with E-state index in [2.05, 4.69) is 34.3 Å². The zero-order valence-corrected chi connectivity index (χ0v) is 19.4. The molecule has 1 aromatic carbocycles. The third-order valence-electron chi connectivity index (χ3n) is 5.69. The van der Waals surface area contributed by atoms with Crippen LogP contribution in [0.5, 0.6) is 0 Å². The van der Waals surface area contributed by atoms with Gasteiger partial charge in [0.25, 0.3) is 5.91 Å². The minimum Gasteiger partial charge on any atom is -0.363 e. The lowest BCUT2D eigenvalue weighted by atomic mass is 9.99. The average molecular weight is 431 g/mol. The number of amides is 1. The van der Waals surface area contributed by atoms with E-state index < -0.39 is 0 Å². The molecule has 0 radical (unpaired) electrons. The van der Waals surface area contributed by atoms with Crippen molar-refractivity contribution in [1.82, 2.24) is 25.3 Å². The van der Waals surface area contributed by atoms with Crippen LogP contribution in [-0.2, 0) is 6.42 Å². The van der Waals surface area contributed by atoms with Gasteiger partial charge >= 0.3 is 0 Å². The third kappa shape index (κ3) is 5.10. The van der Waals surface area contributed by atoms with Crippen LogP contribution in [0.1, 0.15) is 69.3 Å². The van der Waals surface area contributed by atoms with Crippen molar-refractivity contribution in [2.24, 2.45) is 0 Å². The largest absolute Gasteiger partial charge is 0.363 e. The predicted octanol–water partition coefficient (Wildman–Crippen LogP) is 3.85. The topological polar surface area (TPSA) is 83.9 Å². The fourth-order valence-electron chi connectivity index (χ4n) is 3.75. The van der Waals surface area contributed by atoms with Crippen LogP contribution < -0.4 is 10.2 Å². The van der Waals surface area contributed by atoms with Gasteiger partial charge in [-0.1, -0.05) is 29.8 Å². The molecule has 1 atom stereocenters. The molecule has 0 spiro atoms. The van der Waals surface area contributed by atoms with Gasteiger partial charge in [0.15, 0.2) is 0 Å². The summed E-state index contributed by atoms with van der Waals surface area (Å²) in [6.07, 6.45) is 4.45. The molecule has 7 heteroatoms. The van der Waals surface area contributed by atoms with E-state index >= 15 is 0 Å². The van der Waals surface area contributed by atoms with Gasteiger partial charge in [0.2, 0.25) is 0 Å². The lowest BCUT2D eigenvalue weighted by Gasteiger charge is -2.21. The summed E-state index contributed by atoms with van der Waals surface area (Å²) in [4.78, 5) is 33.3. The van der Waals surface area contributed by atoms with Crippen molar-refractivity contribution >= 4 is 11.7 Å². The van der Waals surface area contributed by atoms with Gasteiger partial charge in [-0.25, -0.2) is 19.9 Å². The number of hydrogen-bond donors (Lipinski definition) is 1. The highest BCUT2D eigenvalue weighted by Gasteiger charge is 2.28. The molecule has 2 heterocycles. The zero-order chi connectivity index (χ0) is 22.8. The van der Waals surface area contributed by atoms with Crippen LogP contribution in [0.15, 0.2) is 36.5 Å². The highest BCUT2D eigenvalue weighted by Crippen LogP contribution is 2.38. The minimum absolute atomic E-state index is 0.182. The number of nitrogens with one attached hydrogen (secondary N) is 1. The molecule has 1 aliphatic carbocycles. The van der Waals surface area contributed by atoms with E-state index in [1.165, 1.54) is 0 Å². The van der Waals surface area contributed by atoms with Crippen LogP contribution in [0, 0.1) is 20.8 Å². The Morgan fingerprint density at radius 3 is 2.56 bits per heavy atom. The fourth-order valence-corrected chi connectivity index (χ4v) is 3.75. The highest BCUT2D eigenvalue weighted by molar-refractivity contribution is 5.95. The standard InChI is InChI=1S/C25H30N6O/c1-15-7-6-8-19(11-15)22(29-25(32)21-14-26-17(3)27-16(21)2)12-20-13-23(31(4)5)30-24(28-20)18-9-10-18/h6-8,11,13-14,18,22H,9-10,12H2,1-5H3,(H,29,32)/t22-/m0/s1. The van der Waals surface area contributed by atoms with Crippen LogP contribution in [0.4, 0.5) is 5.82 Å². The van der Waals surface area contributed by atoms with Crippen molar-refractivity contribution in [1.29, 1.82) is 0 Å². The maximum Gasteiger partial charge on any atom is 0.255 e. The molecule has 1 aliphatic rings. The van der Waals surface area contributed by atoms with Crippen LogP contribution >= 0.6 is 0 Å². The summed E-state index contributed by atoms with van der Waals surface area (Å²) in [7, 11) is 3.98. The zero-order valence-electron chi connectivity index (χ0n) is 19.4. The van der Waals surface area contributed by atoms with Crippen LogP contribution in [-0.4, -0.2) is 39.9 Å². The van der Waals surface area contributed by atoms with Crippen LogP contribution in [0.2, 0.25) is 0 Å². The summed E-state index contributed by atoms with van der Waals surface area (Å²) < 4.78 is 0. The van der Waals surface area contributed by atoms with Crippen molar-refractivity contribution in [3.63, 3.8) is 0 Å². The van der Waals surface area contributed by atoms with E-state index in [0.717, 1.165) is 41.3 Å². The molecule has 32 heavy (non-hydrogen) atoms. The minimum atomic E-state index is -0.236. The van der Waals surface area contributed by atoms with E-state index in [4.69, 9.17) is 9.97 Å². The molecular weight excluding hydrogens is 400 g/mol. The molecule has 7 nitrogen and oxygen atoms in total. The number of rotatable bonds is 7. The van der Waals surface area contributed by atoms with Crippen LogP contribution in [0.3, 0.4) is 0 Å². The Hall–Kier alpha value is -3.35. The van der Waals surface area contributed by atoms with Gasteiger partial charge in [-0.05, 0) is 39.2 Å². The second-order valence-corrected chi connectivity index (χ2v) is 8.80. The first-order valence-electron chi connectivity index (χ1n) is 11.0. The summed E-state index contributed by atoms with van der Waals surface area (Å²) in [5.74, 6) is 2.72. The molecule has 1 amide bonds. The molecule has 1 N–H and O–H groups in total. The Morgan fingerprint density at radius 1 is 1.12 bits per heavy atom. The summed E-state index contributed by atoms with van der Waals surface area (Å²) >= 11 is 0. The normalized spacial score (nSPS) is 14.2. The van der Waals surface area contributed by atoms with Gasteiger partial charge < -0.3 is 10.2 Å². The number of anilines is 1. The van der Waals surface area contributed by atoms with Gasteiger partial charge in [-0.15, -0.1) is 0 Å². The number of aryl methyl sites for hydroxylation is 3. The van der Waals surface area contributed by atoms with E-state index in [1.54, 1.807) is 6.20 Å². The smallest absolute Gasteiger partial charge is 0.255 e. The van der Waals surface area contributed by atoms with E-state index in [-0.39, 0.29) is 11.9 Å². The maximum atomic E-state index is 13.2. The quantitative estimate of drug-likeness (QED) is 0.613. The molecule has 3 aromatic rings. The van der Waals surface area contributed by atoms with E-state index in [9.17, 15) is 4.79 Å². The highest BCUT2D eigenvalue weighted by atomic mass is 16.1. The van der Waals surface area contributed by atoms with Crippen molar-refractivity contribution in [2.75, 3.05) is 19.0 Å². The molecule has 2 aromatic heterocycles. The first kappa shape index (κ1) is 21.9. The molecule has 166 valence electrons. The molecule has 0 aliphatic heterocycles. The van der Waals surface area contributed by atoms with Gasteiger partial charge in [-0.2, -0.15) is 0 Å². The molecular formula is C25H30N6O. The second kappa shape index (κ2) is 9.02.